The third-order valence-corrected chi connectivity index (χ3v) is 6.11. The van der Waals surface area contributed by atoms with Crippen molar-refractivity contribution in [3.05, 3.63) is 86.6 Å². The van der Waals surface area contributed by atoms with E-state index in [4.69, 9.17) is 17.3 Å². The van der Waals surface area contributed by atoms with Crippen LogP contribution in [0.25, 0.3) is 0 Å². The molecule has 6 heteroatoms. The molecule has 0 radical (unpaired) electrons. The van der Waals surface area contributed by atoms with Crippen LogP contribution in [0.3, 0.4) is 0 Å². The molecule has 0 saturated heterocycles. The number of ketones is 1. The van der Waals surface area contributed by atoms with Gasteiger partial charge in [0.2, 0.25) is 0 Å². The van der Waals surface area contributed by atoms with Gasteiger partial charge in [-0.2, -0.15) is 5.26 Å². The molecule has 0 amide bonds. The first-order valence-electron chi connectivity index (χ1n) is 9.81. The molecular weight excluding hydrogens is 401 g/mol. The lowest BCUT2D eigenvalue weighted by Gasteiger charge is -2.40. The summed E-state index contributed by atoms with van der Waals surface area (Å²) in [6, 6.07) is 12.6. The van der Waals surface area contributed by atoms with Crippen LogP contribution in [0.15, 0.2) is 59.1 Å². The number of nitriles is 1. The SMILES string of the molecule is Cc1ccc(C)c(C2C(C#N)=C(N)N(c3ccc(F)c(Cl)c3)C3=C2C(=O)CCC3)c1. The lowest BCUT2D eigenvalue weighted by atomic mass is 9.74. The van der Waals surface area contributed by atoms with Crippen molar-refractivity contribution in [1.29, 1.82) is 5.26 Å². The first-order chi connectivity index (χ1) is 14.3. The average molecular weight is 422 g/mol. The van der Waals surface area contributed by atoms with Crippen molar-refractivity contribution in [3.8, 4) is 6.07 Å². The number of aryl methyl sites for hydroxylation is 2. The third kappa shape index (κ3) is 3.18. The summed E-state index contributed by atoms with van der Waals surface area (Å²) in [6.07, 6.45) is 1.76. The van der Waals surface area contributed by atoms with Crippen LogP contribution in [0.5, 0.6) is 0 Å². The summed E-state index contributed by atoms with van der Waals surface area (Å²) in [4.78, 5) is 14.8. The maximum atomic E-state index is 13.8. The van der Waals surface area contributed by atoms with Gasteiger partial charge in [0.25, 0.3) is 0 Å². The summed E-state index contributed by atoms with van der Waals surface area (Å²) in [7, 11) is 0. The van der Waals surface area contributed by atoms with Crippen LogP contribution in [0, 0.1) is 31.0 Å². The van der Waals surface area contributed by atoms with Gasteiger partial charge in [-0.1, -0.05) is 35.4 Å². The summed E-state index contributed by atoms with van der Waals surface area (Å²) >= 11 is 6.01. The van der Waals surface area contributed by atoms with Gasteiger partial charge in [0.05, 0.1) is 22.6 Å². The van der Waals surface area contributed by atoms with Crippen molar-refractivity contribution in [2.24, 2.45) is 5.73 Å². The van der Waals surface area contributed by atoms with Crippen molar-refractivity contribution >= 4 is 23.1 Å². The van der Waals surface area contributed by atoms with E-state index in [1.54, 1.807) is 11.0 Å². The summed E-state index contributed by atoms with van der Waals surface area (Å²) in [5, 5.41) is 10.0. The lowest BCUT2D eigenvalue weighted by Crippen LogP contribution is -2.38. The number of Topliss-reactive ketones (excluding diaryl/α,β-unsaturated/α-hetero) is 1. The van der Waals surface area contributed by atoms with Crippen molar-refractivity contribution in [3.63, 3.8) is 0 Å². The van der Waals surface area contributed by atoms with Gasteiger partial charge >= 0.3 is 0 Å². The number of nitrogens with zero attached hydrogens (tertiary/aromatic N) is 2. The molecule has 2 aromatic carbocycles. The molecule has 2 aromatic rings. The van der Waals surface area contributed by atoms with E-state index in [0.29, 0.717) is 36.1 Å². The van der Waals surface area contributed by atoms with Crippen molar-refractivity contribution < 1.29 is 9.18 Å². The fraction of sp³-hybridized carbons (Fsp3) is 0.250. The van der Waals surface area contributed by atoms with Gasteiger partial charge in [-0.3, -0.25) is 9.69 Å². The zero-order valence-electron chi connectivity index (χ0n) is 16.8. The van der Waals surface area contributed by atoms with E-state index in [1.165, 1.54) is 12.1 Å². The standard InChI is InChI=1S/C24H21ClFN3O/c1-13-6-7-14(2)16(10-13)22-17(12-27)24(28)29(15-8-9-19(26)18(25)11-15)20-4-3-5-21(30)23(20)22/h6-11,22H,3-5,28H2,1-2H3. The molecule has 0 aromatic heterocycles. The molecule has 1 unspecified atom stereocenters. The van der Waals surface area contributed by atoms with E-state index >= 15 is 0 Å². The molecule has 2 aliphatic rings. The number of nitrogens with two attached hydrogens (primary N) is 1. The minimum atomic E-state index is -0.539. The average Bonchev–Trinajstić information content (AvgIpc) is 2.71. The predicted octanol–water partition coefficient (Wildman–Crippen LogP) is 5.40. The molecule has 0 bridgehead atoms. The van der Waals surface area contributed by atoms with Gasteiger partial charge in [0, 0.05) is 23.4 Å². The quantitative estimate of drug-likeness (QED) is 0.704. The second-order valence-corrected chi connectivity index (χ2v) is 8.18. The van der Waals surface area contributed by atoms with Gasteiger partial charge < -0.3 is 5.73 Å². The van der Waals surface area contributed by atoms with Crippen LogP contribution in [-0.2, 0) is 4.79 Å². The minimum Gasteiger partial charge on any atom is -0.384 e. The Morgan fingerprint density at radius 2 is 1.97 bits per heavy atom. The highest BCUT2D eigenvalue weighted by molar-refractivity contribution is 6.31. The molecule has 2 N–H and O–H groups in total. The summed E-state index contributed by atoms with van der Waals surface area (Å²) in [6.45, 7) is 3.95. The molecule has 152 valence electrons. The fourth-order valence-electron chi connectivity index (χ4n) is 4.39. The van der Waals surface area contributed by atoms with E-state index in [9.17, 15) is 14.4 Å². The molecule has 30 heavy (non-hydrogen) atoms. The Hall–Kier alpha value is -3.10. The van der Waals surface area contributed by atoms with Crippen LogP contribution in [0.4, 0.5) is 10.1 Å². The molecular formula is C24H21ClFN3O. The summed E-state index contributed by atoms with van der Waals surface area (Å²) < 4.78 is 13.8. The lowest BCUT2D eigenvalue weighted by molar-refractivity contribution is -0.116. The van der Waals surface area contributed by atoms with E-state index in [-0.39, 0.29) is 16.6 Å². The molecule has 0 fully saturated rings. The summed E-state index contributed by atoms with van der Waals surface area (Å²) in [5.41, 5.74) is 11.7. The zero-order chi connectivity index (χ0) is 21.6. The van der Waals surface area contributed by atoms with Crippen molar-refractivity contribution in [2.75, 3.05) is 4.90 Å². The Balaban J connectivity index is 2.00. The predicted molar refractivity (Wildman–Crippen MR) is 115 cm³/mol. The Bertz CT molecular complexity index is 1180. The second-order valence-electron chi connectivity index (χ2n) is 7.77. The number of rotatable bonds is 2. The van der Waals surface area contributed by atoms with Crippen LogP contribution < -0.4 is 10.6 Å². The Morgan fingerprint density at radius 1 is 1.20 bits per heavy atom. The smallest absolute Gasteiger partial charge is 0.161 e. The number of hydrogen-bond acceptors (Lipinski definition) is 4. The minimum absolute atomic E-state index is 0.0145. The molecule has 0 spiro atoms. The summed E-state index contributed by atoms with van der Waals surface area (Å²) in [5.74, 6) is -0.785. The molecule has 4 rings (SSSR count). The number of allylic oxidation sites excluding steroid dienone is 3. The molecule has 1 aliphatic heterocycles. The van der Waals surface area contributed by atoms with Crippen molar-refractivity contribution in [1.82, 2.24) is 0 Å². The Labute approximate surface area is 180 Å². The molecule has 4 nitrogen and oxygen atoms in total. The van der Waals surface area contributed by atoms with E-state index in [0.717, 1.165) is 22.4 Å². The number of benzene rings is 2. The largest absolute Gasteiger partial charge is 0.384 e. The highest BCUT2D eigenvalue weighted by atomic mass is 35.5. The number of carbonyl (C=O) groups excluding carboxylic acids is 1. The number of hydrogen-bond donors (Lipinski definition) is 1. The van der Waals surface area contributed by atoms with Gasteiger partial charge in [0.15, 0.2) is 5.78 Å². The van der Waals surface area contributed by atoms with Crippen LogP contribution in [0.1, 0.15) is 41.9 Å². The van der Waals surface area contributed by atoms with E-state index in [2.05, 4.69) is 6.07 Å². The topological polar surface area (TPSA) is 70.1 Å². The van der Waals surface area contributed by atoms with E-state index < -0.39 is 11.7 Å². The fourth-order valence-corrected chi connectivity index (χ4v) is 4.56. The maximum absolute atomic E-state index is 13.8. The van der Waals surface area contributed by atoms with Crippen LogP contribution in [0.2, 0.25) is 5.02 Å². The number of carbonyl (C=O) groups is 1. The Kier molecular flexibility index (Phi) is 5.13. The van der Waals surface area contributed by atoms with Crippen LogP contribution >= 0.6 is 11.6 Å². The number of anilines is 1. The monoisotopic (exact) mass is 421 g/mol. The highest BCUT2D eigenvalue weighted by Crippen LogP contribution is 2.47. The van der Waals surface area contributed by atoms with Crippen LogP contribution in [-0.4, -0.2) is 5.78 Å². The van der Waals surface area contributed by atoms with Crippen molar-refractivity contribution in [2.45, 2.75) is 39.0 Å². The van der Waals surface area contributed by atoms with Gasteiger partial charge in [-0.05, 0) is 56.0 Å². The maximum Gasteiger partial charge on any atom is 0.161 e. The first kappa shape index (κ1) is 20.2. The Morgan fingerprint density at radius 3 is 2.67 bits per heavy atom. The number of halogens is 2. The van der Waals surface area contributed by atoms with E-state index in [1.807, 2.05) is 32.0 Å². The highest BCUT2D eigenvalue weighted by Gasteiger charge is 2.40. The molecule has 1 aliphatic carbocycles. The first-order valence-corrected chi connectivity index (χ1v) is 10.2. The zero-order valence-corrected chi connectivity index (χ0v) is 17.6. The third-order valence-electron chi connectivity index (χ3n) is 5.82. The molecule has 0 saturated carbocycles. The second kappa shape index (κ2) is 7.62. The van der Waals surface area contributed by atoms with Gasteiger partial charge in [-0.15, -0.1) is 0 Å². The normalized spacial score (nSPS) is 19.1. The van der Waals surface area contributed by atoms with Gasteiger partial charge in [-0.25, -0.2) is 4.39 Å². The molecule has 1 heterocycles. The van der Waals surface area contributed by atoms with Gasteiger partial charge in [0.1, 0.15) is 11.6 Å². The molecule has 1 atom stereocenters.